The van der Waals surface area contributed by atoms with Crippen molar-refractivity contribution in [2.45, 2.75) is 65.6 Å². The molecule has 1 aliphatic rings. The number of nitrogens with zero attached hydrogens (tertiary/aromatic N) is 4. The van der Waals surface area contributed by atoms with E-state index < -0.39 is 0 Å². The molecule has 1 fully saturated rings. The van der Waals surface area contributed by atoms with E-state index >= 15 is 0 Å². The summed E-state index contributed by atoms with van der Waals surface area (Å²) >= 11 is 0. The van der Waals surface area contributed by atoms with E-state index in [0.29, 0.717) is 24.3 Å². The summed E-state index contributed by atoms with van der Waals surface area (Å²) in [7, 11) is 0. The maximum Gasteiger partial charge on any atom is 0.229 e. The van der Waals surface area contributed by atoms with Gasteiger partial charge in [0.05, 0.1) is 5.69 Å². The van der Waals surface area contributed by atoms with Crippen LogP contribution in [0.4, 0.5) is 0 Å². The maximum atomic E-state index is 5.25. The summed E-state index contributed by atoms with van der Waals surface area (Å²) in [5.74, 6) is 1.62. The first kappa shape index (κ1) is 14.3. The Hall–Kier alpha value is -1.69. The van der Waals surface area contributed by atoms with E-state index in [1.807, 2.05) is 18.5 Å². The van der Waals surface area contributed by atoms with Gasteiger partial charge in [0.25, 0.3) is 0 Å². The second kappa shape index (κ2) is 5.60. The molecular formula is C15H23N5O. The van der Waals surface area contributed by atoms with Crippen LogP contribution < -0.4 is 5.32 Å². The van der Waals surface area contributed by atoms with E-state index in [2.05, 4.69) is 34.4 Å². The Morgan fingerprint density at radius 3 is 2.71 bits per heavy atom. The first-order valence-corrected chi connectivity index (χ1v) is 7.63. The molecule has 0 atom stereocenters. The van der Waals surface area contributed by atoms with Gasteiger partial charge in [-0.3, -0.25) is 4.68 Å². The summed E-state index contributed by atoms with van der Waals surface area (Å²) in [6, 6.07) is 0.706. The fraction of sp³-hybridized carbons (Fsp3) is 0.667. The molecule has 0 aromatic carbocycles. The van der Waals surface area contributed by atoms with Gasteiger partial charge in [0, 0.05) is 29.8 Å². The fourth-order valence-corrected chi connectivity index (χ4v) is 2.38. The predicted molar refractivity (Wildman–Crippen MR) is 79.1 cm³/mol. The monoisotopic (exact) mass is 289 g/mol. The topological polar surface area (TPSA) is 68.8 Å². The molecule has 0 aliphatic heterocycles. The van der Waals surface area contributed by atoms with Crippen LogP contribution in [0.15, 0.2) is 4.52 Å². The van der Waals surface area contributed by atoms with Gasteiger partial charge in [0.15, 0.2) is 5.82 Å². The van der Waals surface area contributed by atoms with E-state index in [4.69, 9.17) is 4.52 Å². The lowest BCUT2D eigenvalue weighted by Crippen LogP contribution is -2.16. The van der Waals surface area contributed by atoms with Gasteiger partial charge in [-0.05, 0) is 26.7 Å². The van der Waals surface area contributed by atoms with Gasteiger partial charge in [0.2, 0.25) is 5.89 Å². The smallest absolute Gasteiger partial charge is 0.229 e. The SMILES string of the molecule is Cc1nn(Cc2noc(C(C)C)n2)c(C)c1CNC1CC1. The molecule has 6 heteroatoms. The highest BCUT2D eigenvalue weighted by molar-refractivity contribution is 5.25. The van der Waals surface area contributed by atoms with Crippen molar-refractivity contribution in [3.8, 4) is 0 Å². The van der Waals surface area contributed by atoms with Crippen molar-refractivity contribution >= 4 is 0 Å². The summed E-state index contributed by atoms with van der Waals surface area (Å²) in [5.41, 5.74) is 3.54. The zero-order chi connectivity index (χ0) is 15.0. The zero-order valence-corrected chi connectivity index (χ0v) is 13.2. The molecule has 0 saturated heterocycles. The molecule has 0 amide bonds. The van der Waals surface area contributed by atoms with Crippen LogP contribution in [0.5, 0.6) is 0 Å². The second-order valence-electron chi connectivity index (χ2n) is 6.17. The Bertz CT molecular complexity index is 624. The van der Waals surface area contributed by atoms with Crippen LogP contribution in [0.1, 0.15) is 61.3 Å². The summed E-state index contributed by atoms with van der Waals surface area (Å²) in [4.78, 5) is 4.42. The third-order valence-electron chi connectivity index (χ3n) is 3.95. The van der Waals surface area contributed by atoms with Gasteiger partial charge >= 0.3 is 0 Å². The summed E-state index contributed by atoms with van der Waals surface area (Å²) in [5, 5.41) is 12.2. The number of nitrogens with one attached hydrogen (secondary N) is 1. The average Bonchev–Trinajstić information content (AvgIpc) is 3.07. The third kappa shape index (κ3) is 3.15. The van der Waals surface area contributed by atoms with Crippen LogP contribution >= 0.6 is 0 Å². The average molecular weight is 289 g/mol. The van der Waals surface area contributed by atoms with Crippen molar-refractivity contribution in [2.24, 2.45) is 0 Å². The summed E-state index contributed by atoms with van der Waals surface area (Å²) in [6.45, 7) is 9.71. The number of hydrogen-bond acceptors (Lipinski definition) is 5. The highest BCUT2D eigenvalue weighted by atomic mass is 16.5. The van der Waals surface area contributed by atoms with Gasteiger partial charge < -0.3 is 9.84 Å². The zero-order valence-electron chi connectivity index (χ0n) is 13.2. The van der Waals surface area contributed by atoms with Crippen LogP contribution in [0.25, 0.3) is 0 Å². The maximum absolute atomic E-state index is 5.25. The van der Waals surface area contributed by atoms with Crippen molar-refractivity contribution in [1.29, 1.82) is 0 Å². The second-order valence-corrected chi connectivity index (χ2v) is 6.17. The van der Waals surface area contributed by atoms with Crippen molar-refractivity contribution in [3.05, 3.63) is 28.7 Å². The Labute approximate surface area is 124 Å². The van der Waals surface area contributed by atoms with Crippen molar-refractivity contribution in [2.75, 3.05) is 0 Å². The minimum atomic E-state index is 0.255. The fourth-order valence-electron chi connectivity index (χ4n) is 2.38. The lowest BCUT2D eigenvalue weighted by atomic mass is 10.2. The van der Waals surface area contributed by atoms with Gasteiger partial charge in [-0.15, -0.1) is 0 Å². The highest BCUT2D eigenvalue weighted by Crippen LogP contribution is 2.21. The quantitative estimate of drug-likeness (QED) is 0.883. The van der Waals surface area contributed by atoms with Crippen LogP contribution in [-0.2, 0) is 13.1 Å². The Kier molecular flexibility index (Phi) is 3.80. The molecule has 1 aliphatic carbocycles. The Balaban J connectivity index is 1.73. The lowest BCUT2D eigenvalue weighted by molar-refractivity contribution is 0.359. The van der Waals surface area contributed by atoms with Crippen LogP contribution in [-0.4, -0.2) is 26.0 Å². The third-order valence-corrected chi connectivity index (χ3v) is 3.95. The van der Waals surface area contributed by atoms with E-state index in [1.54, 1.807) is 0 Å². The number of aryl methyl sites for hydroxylation is 1. The van der Waals surface area contributed by atoms with E-state index in [9.17, 15) is 0 Å². The Morgan fingerprint density at radius 2 is 2.10 bits per heavy atom. The predicted octanol–water partition coefficient (Wildman–Crippen LogP) is 2.31. The molecule has 0 spiro atoms. The largest absolute Gasteiger partial charge is 0.339 e. The molecule has 6 nitrogen and oxygen atoms in total. The standard InChI is InChI=1S/C15H23N5O/c1-9(2)15-17-14(19-21-15)8-20-11(4)13(10(3)18-20)7-16-12-5-6-12/h9,12,16H,5-8H2,1-4H3. The van der Waals surface area contributed by atoms with Crippen molar-refractivity contribution in [1.82, 2.24) is 25.2 Å². The molecule has 0 unspecified atom stereocenters. The molecule has 1 N–H and O–H groups in total. The van der Waals surface area contributed by atoms with Crippen LogP contribution in [0.2, 0.25) is 0 Å². The molecule has 0 radical (unpaired) electrons. The molecule has 2 aromatic rings. The lowest BCUT2D eigenvalue weighted by Gasteiger charge is -2.04. The molecule has 21 heavy (non-hydrogen) atoms. The van der Waals surface area contributed by atoms with E-state index in [-0.39, 0.29) is 5.92 Å². The van der Waals surface area contributed by atoms with E-state index in [1.165, 1.54) is 24.1 Å². The van der Waals surface area contributed by atoms with Gasteiger partial charge in [-0.2, -0.15) is 10.1 Å². The number of aromatic nitrogens is 4. The minimum Gasteiger partial charge on any atom is -0.339 e. The molecule has 114 valence electrons. The first-order chi connectivity index (χ1) is 10.0. The van der Waals surface area contributed by atoms with Crippen LogP contribution in [0.3, 0.4) is 0 Å². The van der Waals surface area contributed by atoms with Crippen LogP contribution in [0, 0.1) is 13.8 Å². The van der Waals surface area contributed by atoms with Crippen molar-refractivity contribution < 1.29 is 4.52 Å². The molecule has 3 rings (SSSR count). The van der Waals surface area contributed by atoms with E-state index in [0.717, 1.165) is 12.2 Å². The summed E-state index contributed by atoms with van der Waals surface area (Å²) in [6.07, 6.45) is 2.60. The Morgan fingerprint density at radius 1 is 1.33 bits per heavy atom. The molecule has 1 saturated carbocycles. The molecule has 0 bridgehead atoms. The van der Waals surface area contributed by atoms with Gasteiger partial charge in [-0.1, -0.05) is 19.0 Å². The number of hydrogen-bond donors (Lipinski definition) is 1. The minimum absolute atomic E-state index is 0.255. The normalized spacial score (nSPS) is 15.1. The van der Waals surface area contributed by atoms with Gasteiger partial charge in [0.1, 0.15) is 6.54 Å². The highest BCUT2D eigenvalue weighted by Gasteiger charge is 2.22. The molecular weight excluding hydrogens is 266 g/mol. The molecule has 2 aromatic heterocycles. The molecule has 2 heterocycles. The summed E-state index contributed by atoms with van der Waals surface area (Å²) < 4.78 is 7.21. The first-order valence-electron chi connectivity index (χ1n) is 7.63. The van der Waals surface area contributed by atoms with Gasteiger partial charge in [-0.25, -0.2) is 0 Å². The van der Waals surface area contributed by atoms with Crippen molar-refractivity contribution in [3.63, 3.8) is 0 Å². The number of rotatable bonds is 6.